The summed E-state index contributed by atoms with van der Waals surface area (Å²) in [5.41, 5.74) is -1.65. The van der Waals surface area contributed by atoms with Crippen molar-refractivity contribution in [3.8, 4) is 0 Å². The van der Waals surface area contributed by atoms with E-state index in [4.69, 9.17) is 9.47 Å². The molecular weight excluding hydrogens is 312 g/mol. The maximum atomic E-state index is 11.2. The lowest BCUT2D eigenvalue weighted by Gasteiger charge is -2.26. The molecule has 0 aromatic carbocycles. The zero-order chi connectivity index (χ0) is 17.6. The largest absolute Gasteiger partial charge is 0.480 e. The van der Waals surface area contributed by atoms with Crippen molar-refractivity contribution >= 4 is 11.9 Å². The average Bonchev–Trinajstić information content (AvgIpc) is 3.30. The third-order valence-corrected chi connectivity index (χ3v) is 4.89. The van der Waals surface area contributed by atoms with E-state index < -0.39 is 23.3 Å². The molecule has 24 heavy (non-hydrogen) atoms. The van der Waals surface area contributed by atoms with Gasteiger partial charge < -0.3 is 19.7 Å². The second-order valence-electron chi connectivity index (χ2n) is 6.74. The number of carbonyl (C=O) groups is 2. The maximum Gasteiger partial charge on any atom is 0.321 e. The molecule has 6 heteroatoms. The number of hydrogen-bond donors (Lipinski definition) is 2. The molecule has 1 aliphatic heterocycles. The first-order valence-electron chi connectivity index (χ1n) is 8.93. The molecule has 3 atom stereocenters. The Labute approximate surface area is 142 Å². The van der Waals surface area contributed by atoms with Gasteiger partial charge in [-0.25, -0.2) is 0 Å². The summed E-state index contributed by atoms with van der Waals surface area (Å²) in [6.45, 7) is 2.84. The van der Waals surface area contributed by atoms with Crippen LogP contribution in [0.5, 0.6) is 0 Å². The van der Waals surface area contributed by atoms with Gasteiger partial charge in [0.25, 0.3) is 0 Å². The molecule has 3 unspecified atom stereocenters. The van der Waals surface area contributed by atoms with Gasteiger partial charge in [0.15, 0.2) is 11.7 Å². The van der Waals surface area contributed by atoms with Gasteiger partial charge in [0.2, 0.25) is 0 Å². The highest BCUT2D eigenvalue weighted by Crippen LogP contribution is 2.54. The van der Waals surface area contributed by atoms with Crippen LogP contribution in [0.4, 0.5) is 0 Å². The molecule has 0 spiro atoms. The smallest absolute Gasteiger partial charge is 0.321 e. The predicted molar refractivity (Wildman–Crippen MR) is 87.6 cm³/mol. The molecule has 1 aliphatic carbocycles. The van der Waals surface area contributed by atoms with Crippen molar-refractivity contribution in [2.24, 2.45) is 11.3 Å². The zero-order valence-corrected chi connectivity index (χ0v) is 14.3. The molecule has 1 heterocycles. The van der Waals surface area contributed by atoms with Crippen molar-refractivity contribution in [2.75, 3.05) is 6.61 Å². The van der Waals surface area contributed by atoms with Gasteiger partial charge in [-0.3, -0.25) is 9.59 Å². The molecule has 2 fully saturated rings. The maximum absolute atomic E-state index is 11.2. The number of ether oxygens (including phenoxy) is 2. The van der Waals surface area contributed by atoms with Gasteiger partial charge in [-0.15, -0.1) is 0 Å². The second-order valence-corrected chi connectivity index (χ2v) is 6.74. The molecule has 0 bridgehead atoms. The fourth-order valence-electron chi connectivity index (χ4n) is 3.18. The van der Waals surface area contributed by atoms with Crippen molar-refractivity contribution in [1.82, 2.24) is 0 Å². The molecule has 136 valence electrons. The van der Waals surface area contributed by atoms with E-state index in [1.54, 1.807) is 6.08 Å². The number of hydrogen-bond acceptors (Lipinski definition) is 4. The van der Waals surface area contributed by atoms with E-state index in [1.807, 2.05) is 6.08 Å². The molecule has 1 saturated carbocycles. The van der Waals surface area contributed by atoms with Crippen molar-refractivity contribution in [1.29, 1.82) is 0 Å². The molecule has 1 saturated heterocycles. The van der Waals surface area contributed by atoms with Crippen LogP contribution in [-0.4, -0.2) is 41.2 Å². The minimum absolute atomic E-state index is 0.149. The molecule has 2 rings (SSSR count). The highest BCUT2D eigenvalue weighted by atomic mass is 16.7. The van der Waals surface area contributed by atoms with Crippen LogP contribution >= 0.6 is 0 Å². The van der Waals surface area contributed by atoms with Gasteiger partial charge in [0, 0.05) is 12.5 Å². The first-order valence-corrected chi connectivity index (χ1v) is 8.93. The Morgan fingerprint density at radius 1 is 1.29 bits per heavy atom. The van der Waals surface area contributed by atoms with E-state index in [1.165, 1.54) is 0 Å². The number of carboxylic acid groups (broad SMARTS) is 2. The van der Waals surface area contributed by atoms with Crippen molar-refractivity contribution in [3.63, 3.8) is 0 Å². The van der Waals surface area contributed by atoms with E-state index in [0.717, 1.165) is 44.9 Å². The minimum atomic E-state index is -1.65. The fraction of sp³-hybridized carbons (Fsp3) is 0.778. The van der Waals surface area contributed by atoms with Crippen molar-refractivity contribution in [2.45, 2.75) is 70.7 Å². The Morgan fingerprint density at radius 2 is 2.04 bits per heavy atom. The van der Waals surface area contributed by atoms with Crippen LogP contribution in [0, 0.1) is 11.3 Å². The molecule has 0 radical (unpaired) electrons. The molecule has 0 aromatic rings. The van der Waals surface area contributed by atoms with Gasteiger partial charge in [-0.05, 0) is 32.1 Å². The van der Waals surface area contributed by atoms with Gasteiger partial charge in [0.05, 0.1) is 6.10 Å². The molecular formula is C18H28O6. The summed E-state index contributed by atoms with van der Waals surface area (Å²) in [5, 5.41) is 18.4. The first-order chi connectivity index (χ1) is 11.5. The average molecular weight is 340 g/mol. The Morgan fingerprint density at radius 3 is 2.58 bits per heavy atom. The summed E-state index contributed by atoms with van der Waals surface area (Å²) < 4.78 is 11.6. The number of rotatable bonds is 10. The molecule has 2 N–H and O–H groups in total. The lowest BCUT2D eigenvalue weighted by atomic mass is 10.0. The Balaban J connectivity index is 1.94. The number of unbranched alkanes of at least 4 members (excludes halogenated alkanes) is 2. The third-order valence-electron chi connectivity index (χ3n) is 4.89. The first kappa shape index (κ1) is 18.9. The van der Waals surface area contributed by atoms with E-state index in [0.29, 0.717) is 6.61 Å². The number of aliphatic carboxylic acids is 2. The Bertz CT molecular complexity index is 452. The monoisotopic (exact) mass is 340 g/mol. The van der Waals surface area contributed by atoms with Gasteiger partial charge in [-0.1, -0.05) is 38.3 Å². The normalized spacial score (nSPS) is 27.0. The quantitative estimate of drug-likeness (QED) is 0.360. The van der Waals surface area contributed by atoms with Crippen LogP contribution in [-0.2, 0) is 19.1 Å². The highest BCUT2D eigenvalue weighted by molar-refractivity contribution is 6.02. The van der Waals surface area contributed by atoms with E-state index in [2.05, 4.69) is 6.92 Å². The van der Waals surface area contributed by atoms with Crippen LogP contribution < -0.4 is 0 Å². The van der Waals surface area contributed by atoms with Crippen LogP contribution in [0.15, 0.2) is 12.2 Å². The van der Waals surface area contributed by atoms with Crippen molar-refractivity contribution < 1.29 is 29.3 Å². The molecule has 6 nitrogen and oxygen atoms in total. The zero-order valence-electron chi connectivity index (χ0n) is 14.3. The van der Waals surface area contributed by atoms with Gasteiger partial charge >= 0.3 is 11.9 Å². The molecule has 0 amide bonds. The van der Waals surface area contributed by atoms with Crippen LogP contribution in [0.3, 0.4) is 0 Å². The van der Waals surface area contributed by atoms with Crippen LogP contribution in [0.25, 0.3) is 0 Å². The molecule has 0 aromatic heterocycles. The fourth-order valence-corrected chi connectivity index (χ4v) is 3.18. The lowest BCUT2D eigenvalue weighted by Crippen LogP contribution is -2.28. The summed E-state index contributed by atoms with van der Waals surface area (Å²) in [7, 11) is 0. The third kappa shape index (κ3) is 4.57. The standard InChI is InChI=1S/C18H28O6/c1-2-3-4-7-14(24-15-8-5-6-11-23-15)10-9-13-12-18(13,16(19)20)17(21)22/h9-10,13-15H,2-8,11-12H2,1H3,(H,19,20)(H,21,22). The summed E-state index contributed by atoms with van der Waals surface area (Å²) in [5.74, 6) is -2.98. The number of carboxylic acids is 2. The highest BCUT2D eigenvalue weighted by Gasteiger charge is 2.65. The summed E-state index contributed by atoms with van der Waals surface area (Å²) in [6, 6.07) is 0. The van der Waals surface area contributed by atoms with Crippen LogP contribution in [0.1, 0.15) is 58.3 Å². The SMILES string of the molecule is CCCCCC(C=CC1CC1(C(=O)O)C(=O)O)OC1CCCCO1. The number of allylic oxidation sites excluding steroid dienone is 1. The van der Waals surface area contributed by atoms with E-state index >= 15 is 0 Å². The van der Waals surface area contributed by atoms with E-state index in [9.17, 15) is 19.8 Å². The van der Waals surface area contributed by atoms with Crippen molar-refractivity contribution in [3.05, 3.63) is 12.2 Å². The van der Waals surface area contributed by atoms with E-state index in [-0.39, 0.29) is 18.8 Å². The van der Waals surface area contributed by atoms with Gasteiger partial charge in [-0.2, -0.15) is 0 Å². The second kappa shape index (κ2) is 8.62. The Hall–Kier alpha value is -1.40. The predicted octanol–water partition coefficient (Wildman–Crippen LogP) is 3.21. The Kier molecular flexibility index (Phi) is 6.80. The summed E-state index contributed by atoms with van der Waals surface area (Å²) in [4.78, 5) is 22.5. The minimum Gasteiger partial charge on any atom is -0.480 e. The lowest BCUT2D eigenvalue weighted by molar-refractivity contribution is -0.179. The van der Waals surface area contributed by atoms with Gasteiger partial charge in [0.1, 0.15) is 0 Å². The topological polar surface area (TPSA) is 93.1 Å². The summed E-state index contributed by atoms with van der Waals surface area (Å²) in [6.07, 6.45) is 10.4. The van der Waals surface area contributed by atoms with Crippen LogP contribution in [0.2, 0.25) is 0 Å². The molecule has 2 aliphatic rings. The summed E-state index contributed by atoms with van der Waals surface area (Å²) >= 11 is 0.